The first-order valence-corrected chi connectivity index (χ1v) is 8.60. The standard InChI is InChI=1S/C19H21N5O2/c1-25-16-6-3-13(11-17(16)26-2)14-4-5-15-18(23-14)19(22-12-21-15)24-9-7-20-8-10-24/h3-6,11-12,20H,7-10H2,1-2H3. The topological polar surface area (TPSA) is 72.4 Å². The molecular formula is C19H21N5O2. The molecule has 0 saturated carbocycles. The predicted octanol–water partition coefficient (Wildman–Crippen LogP) is 2.12. The van der Waals surface area contributed by atoms with Gasteiger partial charge in [-0.25, -0.2) is 15.0 Å². The summed E-state index contributed by atoms with van der Waals surface area (Å²) in [5, 5.41) is 3.36. The van der Waals surface area contributed by atoms with Crippen molar-refractivity contribution in [1.29, 1.82) is 0 Å². The smallest absolute Gasteiger partial charge is 0.161 e. The highest BCUT2D eigenvalue weighted by Gasteiger charge is 2.17. The maximum absolute atomic E-state index is 5.41. The Morgan fingerprint density at radius 2 is 1.77 bits per heavy atom. The first-order valence-electron chi connectivity index (χ1n) is 8.60. The minimum Gasteiger partial charge on any atom is -0.493 e. The lowest BCUT2D eigenvalue weighted by molar-refractivity contribution is 0.355. The Balaban J connectivity index is 1.79. The Kier molecular flexibility index (Phi) is 4.53. The van der Waals surface area contributed by atoms with Crippen molar-refractivity contribution in [3.05, 3.63) is 36.7 Å². The molecule has 0 atom stereocenters. The number of hydrogen-bond donors (Lipinski definition) is 1. The average molecular weight is 351 g/mol. The molecule has 7 heteroatoms. The van der Waals surface area contributed by atoms with Crippen LogP contribution in [-0.4, -0.2) is 55.4 Å². The Morgan fingerprint density at radius 1 is 0.962 bits per heavy atom. The lowest BCUT2D eigenvalue weighted by atomic mass is 10.1. The second-order valence-electron chi connectivity index (χ2n) is 6.07. The molecule has 0 spiro atoms. The highest BCUT2D eigenvalue weighted by molar-refractivity contribution is 5.87. The molecule has 1 aliphatic heterocycles. The summed E-state index contributed by atoms with van der Waals surface area (Å²) in [7, 11) is 3.26. The van der Waals surface area contributed by atoms with Gasteiger partial charge in [0.2, 0.25) is 0 Å². The quantitative estimate of drug-likeness (QED) is 0.772. The summed E-state index contributed by atoms with van der Waals surface area (Å²) in [4.78, 5) is 16.0. The van der Waals surface area contributed by atoms with E-state index >= 15 is 0 Å². The molecule has 3 aromatic rings. The van der Waals surface area contributed by atoms with Crippen LogP contribution in [0, 0.1) is 0 Å². The van der Waals surface area contributed by atoms with Gasteiger partial charge in [-0.05, 0) is 30.3 Å². The molecule has 0 aliphatic carbocycles. The molecule has 3 heterocycles. The van der Waals surface area contributed by atoms with Crippen LogP contribution in [0.15, 0.2) is 36.7 Å². The molecule has 1 aromatic carbocycles. The zero-order valence-corrected chi connectivity index (χ0v) is 14.9. The van der Waals surface area contributed by atoms with E-state index in [1.807, 2.05) is 30.3 Å². The van der Waals surface area contributed by atoms with Gasteiger partial charge in [0.1, 0.15) is 11.8 Å². The van der Waals surface area contributed by atoms with Gasteiger partial charge in [0.15, 0.2) is 17.3 Å². The summed E-state index contributed by atoms with van der Waals surface area (Å²) >= 11 is 0. The number of nitrogens with zero attached hydrogens (tertiary/aromatic N) is 4. The first kappa shape index (κ1) is 16.5. The molecule has 1 aliphatic rings. The molecule has 26 heavy (non-hydrogen) atoms. The zero-order chi connectivity index (χ0) is 17.9. The first-order chi connectivity index (χ1) is 12.8. The molecule has 1 saturated heterocycles. The fourth-order valence-corrected chi connectivity index (χ4v) is 3.19. The van der Waals surface area contributed by atoms with Crippen molar-refractivity contribution in [2.24, 2.45) is 0 Å². The van der Waals surface area contributed by atoms with Crippen LogP contribution >= 0.6 is 0 Å². The minimum atomic E-state index is 0.679. The molecular weight excluding hydrogens is 330 g/mol. The number of hydrogen-bond acceptors (Lipinski definition) is 7. The van der Waals surface area contributed by atoms with E-state index in [4.69, 9.17) is 14.5 Å². The summed E-state index contributed by atoms with van der Waals surface area (Å²) in [6, 6.07) is 9.75. The van der Waals surface area contributed by atoms with E-state index in [0.717, 1.165) is 54.3 Å². The van der Waals surface area contributed by atoms with Crippen LogP contribution in [0.3, 0.4) is 0 Å². The average Bonchev–Trinajstić information content (AvgIpc) is 2.73. The Bertz CT molecular complexity index is 925. The maximum atomic E-state index is 5.41. The number of pyridine rings is 1. The lowest BCUT2D eigenvalue weighted by Crippen LogP contribution is -2.44. The van der Waals surface area contributed by atoms with Gasteiger partial charge in [0.05, 0.1) is 25.4 Å². The van der Waals surface area contributed by atoms with E-state index in [1.165, 1.54) is 0 Å². The Morgan fingerprint density at radius 3 is 2.54 bits per heavy atom. The molecule has 0 unspecified atom stereocenters. The summed E-state index contributed by atoms with van der Waals surface area (Å²) in [6.07, 6.45) is 1.61. The normalized spacial score (nSPS) is 14.5. The molecule has 134 valence electrons. The SMILES string of the molecule is COc1ccc(-c2ccc3ncnc(N4CCNCC4)c3n2)cc1OC. The molecule has 0 amide bonds. The van der Waals surface area contributed by atoms with Crippen molar-refractivity contribution in [2.45, 2.75) is 0 Å². The third kappa shape index (κ3) is 3.01. The van der Waals surface area contributed by atoms with Crippen LogP contribution in [0.2, 0.25) is 0 Å². The highest BCUT2D eigenvalue weighted by atomic mass is 16.5. The van der Waals surface area contributed by atoms with Gasteiger partial charge < -0.3 is 19.7 Å². The number of benzene rings is 1. The van der Waals surface area contributed by atoms with Crippen molar-refractivity contribution in [3.63, 3.8) is 0 Å². The van der Waals surface area contributed by atoms with Crippen LogP contribution < -0.4 is 19.7 Å². The largest absolute Gasteiger partial charge is 0.493 e. The van der Waals surface area contributed by atoms with E-state index in [2.05, 4.69) is 20.2 Å². The van der Waals surface area contributed by atoms with Crippen molar-refractivity contribution < 1.29 is 9.47 Å². The summed E-state index contributed by atoms with van der Waals surface area (Å²) in [6.45, 7) is 3.71. The fraction of sp³-hybridized carbons (Fsp3) is 0.316. The molecule has 7 nitrogen and oxygen atoms in total. The van der Waals surface area contributed by atoms with Gasteiger partial charge in [0, 0.05) is 31.7 Å². The number of piperazine rings is 1. The highest BCUT2D eigenvalue weighted by Crippen LogP contribution is 2.32. The van der Waals surface area contributed by atoms with Crippen LogP contribution in [0.4, 0.5) is 5.82 Å². The van der Waals surface area contributed by atoms with Gasteiger partial charge >= 0.3 is 0 Å². The van der Waals surface area contributed by atoms with Gasteiger partial charge in [0.25, 0.3) is 0 Å². The number of fused-ring (bicyclic) bond motifs is 1. The second kappa shape index (κ2) is 7.13. The Labute approximate surface area is 152 Å². The van der Waals surface area contributed by atoms with Crippen molar-refractivity contribution in [3.8, 4) is 22.8 Å². The number of methoxy groups -OCH3 is 2. The van der Waals surface area contributed by atoms with Crippen molar-refractivity contribution in [1.82, 2.24) is 20.3 Å². The monoisotopic (exact) mass is 351 g/mol. The van der Waals surface area contributed by atoms with Crippen molar-refractivity contribution in [2.75, 3.05) is 45.3 Å². The van der Waals surface area contributed by atoms with E-state index < -0.39 is 0 Å². The minimum absolute atomic E-state index is 0.679. The molecule has 1 fully saturated rings. The van der Waals surface area contributed by atoms with Gasteiger partial charge in [-0.1, -0.05) is 0 Å². The van der Waals surface area contributed by atoms with Gasteiger partial charge in [-0.3, -0.25) is 0 Å². The lowest BCUT2D eigenvalue weighted by Gasteiger charge is -2.28. The maximum Gasteiger partial charge on any atom is 0.161 e. The number of anilines is 1. The third-order valence-electron chi connectivity index (χ3n) is 4.56. The second-order valence-corrected chi connectivity index (χ2v) is 6.07. The molecule has 0 radical (unpaired) electrons. The van der Waals surface area contributed by atoms with Crippen LogP contribution in [0.25, 0.3) is 22.3 Å². The van der Waals surface area contributed by atoms with E-state index in [9.17, 15) is 0 Å². The summed E-state index contributed by atoms with van der Waals surface area (Å²) < 4.78 is 10.7. The molecule has 0 bridgehead atoms. The Hall–Kier alpha value is -2.93. The summed E-state index contributed by atoms with van der Waals surface area (Å²) in [5.41, 5.74) is 3.48. The van der Waals surface area contributed by atoms with Gasteiger partial charge in [-0.15, -0.1) is 0 Å². The van der Waals surface area contributed by atoms with E-state index in [-0.39, 0.29) is 0 Å². The number of nitrogens with one attached hydrogen (secondary N) is 1. The van der Waals surface area contributed by atoms with Crippen LogP contribution in [0.5, 0.6) is 11.5 Å². The van der Waals surface area contributed by atoms with E-state index in [0.29, 0.717) is 11.5 Å². The number of ether oxygens (including phenoxy) is 2. The molecule has 4 rings (SSSR count). The zero-order valence-electron chi connectivity index (χ0n) is 14.9. The number of aromatic nitrogens is 3. The van der Waals surface area contributed by atoms with Crippen molar-refractivity contribution >= 4 is 16.9 Å². The predicted molar refractivity (Wildman–Crippen MR) is 101 cm³/mol. The van der Waals surface area contributed by atoms with Crippen LogP contribution in [-0.2, 0) is 0 Å². The summed E-state index contributed by atoms with van der Waals surface area (Å²) in [5.74, 6) is 2.26. The van der Waals surface area contributed by atoms with E-state index in [1.54, 1.807) is 20.5 Å². The molecule has 1 N–H and O–H groups in total. The third-order valence-corrected chi connectivity index (χ3v) is 4.56. The fourth-order valence-electron chi connectivity index (χ4n) is 3.19. The van der Waals surface area contributed by atoms with Gasteiger partial charge in [-0.2, -0.15) is 0 Å². The van der Waals surface area contributed by atoms with Crippen LogP contribution in [0.1, 0.15) is 0 Å². The molecule has 2 aromatic heterocycles. The number of rotatable bonds is 4.